The highest BCUT2D eigenvalue weighted by atomic mass is 35.5. The number of nitrogens with one attached hydrogen (secondary N) is 1. The summed E-state index contributed by atoms with van der Waals surface area (Å²) in [6, 6.07) is 16.4. The van der Waals surface area contributed by atoms with Crippen molar-refractivity contribution in [3.8, 4) is 33.0 Å². The third-order valence-corrected chi connectivity index (χ3v) is 6.95. The van der Waals surface area contributed by atoms with Crippen LogP contribution in [0.3, 0.4) is 0 Å². The van der Waals surface area contributed by atoms with Crippen molar-refractivity contribution < 1.29 is 15.0 Å². The Bertz CT molecular complexity index is 1680. The van der Waals surface area contributed by atoms with Crippen molar-refractivity contribution in [2.75, 3.05) is 0 Å². The summed E-state index contributed by atoms with van der Waals surface area (Å²) in [5.74, 6) is -0.887. The normalized spacial score (nSPS) is 11.2. The molecule has 0 saturated carbocycles. The van der Waals surface area contributed by atoms with Crippen LogP contribution in [0.15, 0.2) is 71.8 Å². The van der Waals surface area contributed by atoms with Gasteiger partial charge in [-0.3, -0.25) is 14.6 Å². The number of aliphatic hydroxyl groups is 1. The monoisotopic (exact) mass is 561 g/mol. The quantitative estimate of drug-likeness (QED) is 0.219. The fourth-order valence-electron chi connectivity index (χ4n) is 3.95. The number of aryl methyl sites for hydroxylation is 1. The van der Waals surface area contributed by atoms with Gasteiger partial charge in [0.1, 0.15) is 5.01 Å². The van der Waals surface area contributed by atoms with Gasteiger partial charge in [-0.25, -0.2) is 4.98 Å². The first kappa shape index (κ1) is 28.2. The molecule has 2 aromatic carbocycles. The van der Waals surface area contributed by atoms with E-state index < -0.39 is 11.6 Å². The molecule has 9 heteroatoms. The number of nitrogens with zero attached hydrogens (tertiary/aromatic N) is 2. The fourth-order valence-corrected chi connectivity index (χ4v) is 5.21. The van der Waals surface area contributed by atoms with Crippen LogP contribution in [-0.4, -0.2) is 36.7 Å². The highest BCUT2D eigenvalue weighted by Gasteiger charge is 2.19. The number of aliphatic carboxylic acids is 1. The topological polar surface area (TPSA) is 116 Å². The summed E-state index contributed by atoms with van der Waals surface area (Å²) in [5.41, 5.74) is 5.93. The minimum absolute atomic E-state index is 0.0847. The van der Waals surface area contributed by atoms with E-state index in [0.717, 1.165) is 48.6 Å². The van der Waals surface area contributed by atoms with Crippen LogP contribution in [0.2, 0.25) is 5.02 Å². The van der Waals surface area contributed by atoms with Crippen molar-refractivity contribution in [1.29, 1.82) is 0 Å². The maximum atomic E-state index is 11.7. The van der Waals surface area contributed by atoms with E-state index in [2.05, 4.69) is 9.97 Å². The van der Waals surface area contributed by atoms with E-state index >= 15 is 0 Å². The Balaban J connectivity index is 0.000000648. The van der Waals surface area contributed by atoms with Crippen LogP contribution in [0.1, 0.15) is 31.9 Å². The van der Waals surface area contributed by atoms with Crippen molar-refractivity contribution in [2.24, 2.45) is 0 Å². The van der Waals surface area contributed by atoms with Crippen LogP contribution < -0.4 is 5.56 Å². The Kier molecular flexibility index (Phi) is 8.30. The minimum atomic E-state index is -0.887. The Hall–Kier alpha value is -3.85. The molecule has 39 heavy (non-hydrogen) atoms. The summed E-state index contributed by atoms with van der Waals surface area (Å²) in [6.45, 7) is 7.14. The Morgan fingerprint density at radius 3 is 2.31 bits per heavy atom. The van der Waals surface area contributed by atoms with Gasteiger partial charge in [0.2, 0.25) is 5.56 Å². The standard InChI is InChI=1S/C26H18ClN3O3S.C4H10O/c1-14-10-21-25(24(19(14)12-23(32)33)15-2-5-18(27)6-3-15)34-26(30-21)16-8-9-28-20(11-16)17-4-7-22(31)29-13-17;1-4(2,3)5/h2-11,13H,12H2,1H3,(H,29,31)(H,32,33);5H,1-3H3. The first-order chi connectivity index (χ1) is 18.4. The molecule has 200 valence electrons. The van der Waals surface area contributed by atoms with Gasteiger partial charge in [-0.2, -0.15) is 0 Å². The summed E-state index contributed by atoms with van der Waals surface area (Å²) in [7, 11) is 0. The number of aromatic nitrogens is 3. The van der Waals surface area contributed by atoms with Gasteiger partial charge in [0.05, 0.1) is 27.9 Å². The molecule has 5 rings (SSSR count). The lowest BCUT2D eigenvalue weighted by Crippen LogP contribution is -2.10. The molecule has 7 nitrogen and oxygen atoms in total. The average Bonchev–Trinajstić information content (AvgIpc) is 3.28. The molecule has 0 atom stereocenters. The van der Waals surface area contributed by atoms with E-state index in [4.69, 9.17) is 21.7 Å². The van der Waals surface area contributed by atoms with Gasteiger partial charge in [-0.1, -0.05) is 23.7 Å². The number of carbonyl (C=O) groups is 1. The number of carboxylic acid groups (broad SMARTS) is 1. The summed E-state index contributed by atoms with van der Waals surface area (Å²) < 4.78 is 0.918. The SMILES string of the molecule is CC(C)(C)O.Cc1cc2nc(-c3ccnc(-c4ccc(=O)[nH]c4)c3)sc2c(-c2ccc(Cl)cc2)c1CC(=O)O. The van der Waals surface area contributed by atoms with E-state index in [1.165, 1.54) is 17.4 Å². The van der Waals surface area contributed by atoms with Gasteiger partial charge in [0.15, 0.2) is 0 Å². The number of halogens is 1. The number of aromatic amines is 1. The summed E-state index contributed by atoms with van der Waals surface area (Å²) in [5, 5.41) is 19.5. The molecule has 3 aromatic heterocycles. The van der Waals surface area contributed by atoms with Crippen LogP contribution in [-0.2, 0) is 11.2 Å². The smallest absolute Gasteiger partial charge is 0.307 e. The van der Waals surface area contributed by atoms with Crippen LogP contribution in [0.5, 0.6) is 0 Å². The number of hydrogen-bond donors (Lipinski definition) is 3. The van der Waals surface area contributed by atoms with E-state index in [9.17, 15) is 14.7 Å². The second-order valence-corrected chi connectivity index (χ2v) is 11.5. The largest absolute Gasteiger partial charge is 0.481 e. The van der Waals surface area contributed by atoms with Crippen LogP contribution in [0, 0.1) is 6.92 Å². The number of H-pyrrole nitrogens is 1. The van der Waals surface area contributed by atoms with E-state index in [0.29, 0.717) is 10.7 Å². The summed E-state index contributed by atoms with van der Waals surface area (Å²) >= 11 is 7.61. The average molecular weight is 562 g/mol. The summed E-state index contributed by atoms with van der Waals surface area (Å²) in [4.78, 5) is 35.0. The molecule has 0 fully saturated rings. The molecule has 5 aromatic rings. The lowest BCUT2D eigenvalue weighted by atomic mass is 9.93. The zero-order valence-corrected chi connectivity index (χ0v) is 23.5. The molecule has 0 aliphatic heterocycles. The maximum Gasteiger partial charge on any atom is 0.307 e. The number of fused-ring (bicyclic) bond motifs is 1. The molecular weight excluding hydrogens is 534 g/mol. The second-order valence-electron chi connectivity index (χ2n) is 10.0. The first-order valence-electron chi connectivity index (χ1n) is 12.2. The van der Waals surface area contributed by atoms with Gasteiger partial charge in [-0.05, 0) is 80.8 Å². The van der Waals surface area contributed by atoms with Crippen molar-refractivity contribution in [3.63, 3.8) is 0 Å². The number of pyridine rings is 2. The third kappa shape index (κ3) is 7.17. The van der Waals surface area contributed by atoms with Gasteiger partial charge in [-0.15, -0.1) is 11.3 Å². The van der Waals surface area contributed by atoms with Gasteiger partial charge in [0.25, 0.3) is 0 Å². The highest BCUT2D eigenvalue weighted by molar-refractivity contribution is 7.22. The Morgan fingerprint density at radius 2 is 1.69 bits per heavy atom. The Morgan fingerprint density at radius 1 is 1.03 bits per heavy atom. The van der Waals surface area contributed by atoms with E-state index in [1.54, 1.807) is 51.4 Å². The lowest BCUT2D eigenvalue weighted by molar-refractivity contribution is -0.136. The Labute approximate surface area is 234 Å². The van der Waals surface area contributed by atoms with Crippen molar-refractivity contribution >= 4 is 39.1 Å². The number of carboxylic acids is 1. The van der Waals surface area contributed by atoms with Crippen LogP contribution in [0.4, 0.5) is 0 Å². The number of thiazole rings is 1. The second kappa shape index (κ2) is 11.5. The predicted octanol–water partition coefficient (Wildman–Crippen LogP) is 6.75. The van der Waals surface area contributed by atoms with Crippen LogP contribution >= 0.6 is 22.9 Å². The molecule has 0 aliphatic rings. The molecule has 0 spiro atoms. The summed E-state index contributed by atoms with van der Waals surface area (Å²) in [6.07, 6.45) is 3.26. The molecule has 3 N–H and O–H groups in total. The third-order valence-electron chi connectivity index (χ3n) is 5.56. The van der Waals surface area contributed by atoms with Gasteiger partial charge in [0, 0.05) is 40.2 Å². The van der Waals surface area contributed by atoms with E-state index in [1.807, 2.05) is 37.3 Å². The van der Waals surface area contributed by atoms with Crippen molar-refractivity contribution in [3.05, 3.63) is 93.5 Å². The molecule has 0 amide bonds. The molecular formula is C30H28ClN3O4S. The molecule has 0 unspecified atom stereocenters. The van der Waals surface area contributed by atoms with E-state index in [-0.39, 0.29) is 12.0 Å². The molecule has 0 saturated heterocycles. The first-order valence-corrected chi connectivity index (χ1v) is 13.4. The van der Waals surface area contributed by atoms with Crippen molar-refractivity contribution in [2.45, 2.75) is 39.7 Å². The van der Waals surface area contributed by atoms with Gasteiger partial charge < -0.3 is 15.2 Å². The number of hydrogen-bond acceptors (Lipinski definition) is 6. The number of benzene rings is 2. The maximum absolute atomic E-state index is 11.7. The van der Waals surface area contributed by atoms with Crippen LogP contribution in [0.25, 0.3) is 43.2 Å². The van der Waals surface area contributed by atoms with Gasteiger partial charge >= 0.3 is 5.97 Å². The molecule has 3 heterocycles. The molecule has 0 radical (unpaired) electrons. The minimum Gasteiger partial charge on any atom is -0.481 e. The number of rotatable bonds is 5. The van der Waals surface area contributed by atoms with Crippen molar-refractivity contribution in [1.82, 2.24) is 15.0 Å². The zero-order chi connectivity index (χ0) is 28.3. The molecule has 0 bridgehead atoms. The fraction of sp³-hybridized carbons (Fsp3) is 0.200. The lowest BCUT2D eigenvalue weighted by Gasteiger charge is -2.13. The molecule has 0 aliphatic carbocycles. The predicted molar refractivity (Wildman–Crippen MR) is 157 cm³/mol. The zero-order valence-electron chi connectivity index (χ0n) is 21.9. The highest BCUT2D eigenvalue weighted by Crippen LogP contribution is 2.41.